The number of imidazole rings is 1. The van der Waals surface area contributed by atoms with Gasteiger partial charge in [-0.15, -0.1) is 11.3 Å². The molecule has 0 spiro atoms. The molecule has 2 heterocycles. The maximum Gasteiger partial charge on any atom is 0.269 e. The fourth-order valence-electron chi connectivity index (χ4n) is 1.77. The average molecular weight is 290 g/mol. The lowest BCUT2D eigenvalue weighted by Crippen LogP contribution is -2.13. The van der Waals surface area contributed by atoms with Crippen molar-refractivity contribution in [3.8, 4) is 10.7 Å². The molecule has 0 aliphatic rings. The van der Waals surface area contributed by atoms with Crippen molar-refractivity contribution in [3.05, 3.63) is 60.2 Å². The van der Waals surface area contributed by atoms with Crippen LogP contribution in [0.25, 0.3) is 10.7 Å². The molecule has 1 aromatic carbocycles. The molecule has 19 heavy (non-hydrogen) atoms. The molecule has 0 amide bonds. The van der Waals surface area contributed by atoms with Crippen molar-refractivity contribution >= 4 is 21.4 Å². The standard InChI is InChI=1S/C13H10N2O2S2/c16-19(17,11-5-2-1-3-6-11)15-9-8-14-13(15)12-7-4-10-18-12/h1-10H. The minimum Gasteiger partial charge on any atom is -0.235 e. The molecular formula is C13H10N2O2S2. The van der Waals surface area contributed by atoms with Crippen LogP contribution in [0.3, 0.4) is 0 Å². The van der Waals surface area contributed by atoms with Crippen LogP contribution in [0.1, 0.15) is 0 Å². The van der Waals surface area contributed by atoms with Crippen LogP contribution in [0.15, 0.2) is 65.1 Å². The Morgan fingerprint density at radius 1 is 1.05 bits per heavy atom. The maximum atomic E-state index is 12.5. The van der Waals surface area contributed by atoms with E-state index in [1.54, 1.807) is 30.3 Å². The van der Waals surface area contributed by atoms with Crippen LogP contribution in [0.5, 0.6) is 0 Å². The van der Waals surface area contributed by atoms with Crippen molar-refractivity contribution < 1.29 is 8.42 Å². The Balaban J connectivity index is 2.17. The Morgan fingerprint density at radius 2 is 1.84 bits per heavy atom. The molecule has 0 fully saturated rings. The third-order valence-electron chi connectivity index (χ3n) is 2.65. The van der Waals surface area contributed by atoms with Crippen LogP contribution < -0.4 is 0 Å². The summed E-state index contributed by atoms with van der Waals surface area (Å²) in [6.07, 6.45) is 2.97. The molecular weight excluding hydrogens is 280 g/mol. The van der Waals surface area contributed by atoms with E-state index in [9.17, 15) is 8.42 Å². The molecule has 0 radical (unpaired) electrons. The third-order valence-corrected chi connectivity index (χ3v) is 5.20. The van der Waals surface area contributed by atoms with Gasteiger partial charge in [0.1, 0.15) is 0 Å². The van der Waals surface area contributed by atoms with E-state index in [1.807, 2.05) is 17.5 Å². The van der Waals surface area contributed by atoms with E-state index in [0.29, 0.717) is 5.82 Å². The van der Waals surface area contributed by atoms with Gasteiger partial charge in [0.15, 0.2) is 5.82 Å². The second-order valence-corrected chi connectivity index (χ2v) is 6.60. The van der Waals surface area contributed by atoms with Crippen LogP contribution in [-0.4, -0.2) is 17.4 Å². The topological polar surface area (TPSA) is 52.0 Å². The SMILES string of the molecule is O=S(=O)(c1ccccc1)n1ccnc1-c1cccs1. The van der Waals surface area contributed by atoms with Crippen molar-refractivity contribution in [1.29, 1.82) is 0 Å². The van der Waals surface area contributed by atoms with Crippen molar-refractivity contribution in [2.75, 3.05) is 0 Å². The molecule has 3 aromatic rings. The normalized spacial score (nSPS) is 11.6. The van der Waals surface area contributed by atoms with Crippen molar-refractivity contribution in [3.63, 3.8) is 0 Å². The zero-order valence-electron chi connectivity index (χ0n) is 9.80. The van der Waals surface area contributed by atoms with Gasteiger partial charge in [-0.2, -0.15) is 0 Å². The molecule has 0 bridgehead atoms. The summed E-state index contributed by atoms with van der Waals surface area (Å²) in [6.45, 7) is 0. The van der Waals surface area contributed by atoms with E-state index in [0.717, 1.165) is 4.88 Å². The highest BCUT2D eigenvalue weighted by atomic mass is 32.2. The predicted octanol–water partition coefficient (Wildman–Crippen LogP) is 2.85. The first-order chi connectivity index (χ1) is 9.19. The summed E-state index contributed by atoms with van der Waals surface area (Å²) in [5.74, 6) is 0.443. The highest BCUT2D eigenvalue weighted by Gasteiger charge is 2.20. The summed E-state index contributed by atoms with van der Waals surface area (Å²) < 4.78 is 26.3. The number of thiophene rings is 1. The second-order valence-electron chi connectivity index (χ2n) is 3.84. The monoisotopic (exact) mass is 290 g/mol. The molecule has 6 heteroatoms. The Hall–Kier alpha value is -1.92. The van der Waals surface area contributed by atoms with E-state index < -0.39 is 10.0 Å². The third kappa shape index (κ3) is 2.09. The summed E-state index contributed by atoms with van der Waals surface area (Å²) in [7, 11) is -3.59. The number of aromatic nitrogens is 2. The van der Waals surface area contributed by atoms with Gasteiger partial charge >= 0.3 is 0 Å². The Morgan fingerprint density at radius 3 is 2.53 bits per heavy atom. The van der Waals surface area contributed by atoms with Crippen LogP contribution in [0, 0.1) is 0 Å². The van der Waals surface area contributed by atoms with E-state index >= 15 is 0 Å². The summed E-state index contributed by atoms with van der Waals surface area (Å²) in [5, 5.41) is 1.89. The molecule has 2 aromatic heterocycles. The number of hydrogen-bond acceptors (Lipinski definition) is 4. The van der Waals surface area contributed by atoms with E-state index in [2.05, 4.69) is 4.98 Å². The zero-order valence-corrected chi connectivity index (χ0v) is 11.4. The summed E-state index contributed by atoms with van der Waals surface area (Å²) in [5.41, 5.74) is 0. The van der Waals surface area contributed by atoms with Gasteiger partial charge in [0.25, 0.3) is 10.0 Å². The fraction of sp³-hybridized carbons (Fsp3) is 0. The number of hydrogen-bond donors (Lipinski definition) is 0. The van der Waals surface area contributed by atoms with Gasteiger partial charge in [0, 0.05) is 12.4 Å². The van der Waals surface area contributed by atoms with Gasteiger partial charge in [-0.1, -0.05) is 24.3 Å². The minimum absolute atomic E-state index is 0.255. The Kier molecular flexibility index (Phi) is 2.96. The van der Waals surface area contributed by atoms with E-state index in [1.165, 1.54) is 27.7 Å². The van der Waals surface area contributed by atoms with E-state index in [4.69, 9.17) is 0 Å². The molecule has 0 unspecified atom stereocenters. The molecule has 0 saturated carbocycles. The molecule has 96 valence electrons. The van der Waals surface area contributed by atoms with Gasteiger partial charge in [0.05, 0.1) is 9.77 Å². The lowest BCUT2D eigenvalue weighted by atomic mass is 10.4. The van der Waals surface area contributed by atoms with Crippen LogP contribution >= 0.6 is 11.3 Å². The van der Waals surface area contributed by atoms with Crippen LogP contribution in [0.2, 0.25) is 0 Å². The van der Waals surface area contributed by atoms with E-state index in [-0.39, 0.29) is 4.90 Å². The molecule has 3 rings (SSSR count). The molecule has 0 saturated heterocycles. The van der Waals surface area contributed by atoms with Gasteiger partial charge in [-0.25, -0.2) is 17.4 Å². The molecule has 0 aliphatic heterocycles. The van der Waals surface area contributed by atoms with Crippen molar-refractivity contribution in [1.82, 2.24) is 8.96 Å². The Bertz CT molecular complexity index is 775. The maximum absolute atomic E-state index is 12.5. The summed E-state index contributed by atoms with van der Waals surface area (Å²) in [6, 6.07) is 12.1. The molecule has 0 aliphatic carbocycles. The average Bonchev–Trinajstić information content (AvgIpc) is 3.10. The highest BCUT2D eigenvalue weighted by molar-refractivity contribution is 7.90. The zero-order chi connectivity index (χ0) is 13.3. The van der Waals surface area contributed by atoms with Gasteiger partial charge in [-0.3, -0.25) is 0 Å². The predicted molar refractivity (Wildman–Crippen MR) is 74.6 cm³/mol. The minimum atomic E-state index is -3.59. The number of nitrogens with zero attached hydrogens (tertiary/aromatic N) is 2. The van der Waals surface area contributed by atoms with Crippen LogP contribution in [-0.2, 0) is 10.0 Å². The lowest BCUT2D eigenvalue weighted by molar-refractivity contribution is 0.588. The first-order valence-electron chi connectivity index (χ1n) is 5.57. The fourth-order valence-corrected chi connectivity index (χ4v) is 3.86. The molecule has 4 nitrogen and oxygen atoms in total. The number of benzene rings is 1. The lowest BCUT2D eigenvalue weighted by Gasteiger charge is -2.07. The first kappa shape index (κ1) is 12.1. The largest absolute Gasteiger partial charge is 0.269 e. The van der Waals surface area contributed by atoms with Crippen LogP contribution in [0.4, 0.5) is 0 Å². The van der Waals surface area contributed by atoms with Crippen molar-refractivity contribution in [2.24, 2.45) is 0 Å². The second kappa shape index (κ2) is 4.64. The smallest absolute Gasteiger partial charge is 0.235 e. The quantitative estimate of drug-likeness (QED) is 0.745. The van der Waals surface area contributed by atoms with Gasteiger partial charge < -0.3 is 0 Å². The highest BCUT2D eigenvalue weighted by Crippen LogP contribution is 2.26. The number of rotatable bonds is 3. The Labute approximate surface area is 115 Å². The summed E-state index contributed by atoms with van der Waals surface area (Å²) >= 11 is 1.46. The van der Waals surface area contributed by atoms with Crippen molar-refractivity contribution in [2.45, 2.75) is 4.90 Å². The molecule has 0 N–H and O–H groups in total. The molecule has 0 atom stereocenters. The van der Waals surface area contributed by atoms with Gasteiger partial charge in [0.2, 0.25) is 0 Å². The first-order valence-corrected chi connectivity index (χ1v) is 7.89. The summed E-state index contributed by atoms with van der Waals surface area (Å²) in [4.78, 5) is 5.22. The van der Waals surface area contributed by atoms with Gasteiger partial charge in [-0.05, 0) is 23.6 Å².